The van der Waals surface area contributed by atoms with Crippen molar-refractivity contribution in [3.63, 3.8) is 0 Å². The van der Waals surface area contributed by atoms with Crippen molar-refractivity contribution >= 4 is 5.91 Å². The molecule has 2 heterocycles. The molecule has 108 valence electrons. The van der Waals surface area contributed by atoms with E-state index < -0.39 is 6.10 Å². The Balaban J connectivity index is 1.67. The van der Waals surface area contributed by atoms with Crippen molar-refractivity contribution in [2.45, 2.75) is 25.9 Å². The quantitative estimate of drug-likeness (QED) is 0.844. The van der Waals surface area contributed by atoms with Crippen LogP contribution in [0.15, 0.2) is 24.3 Å². The molecule has 1 aromatic rings. The SMILES string of the molecule is CC1CCN(C(=O)C2COc3ccccc3C2)CC1O. The van der Waals surface area contributed by atoms with Crippen LogP contribution in [0.25, 0.3) is 0 Å². The molecule has 0 radical (unpaired) electrons. The average molecular weight is 275 g/mol. The topological polar surface area (TPSA) is 49.8 Å². The molecule has 2 aliphatic heterocycles. The Morgan fingerprint density at radius 2 is 2.20 bits per heavy atom. The van der Waals surface area contributed by atoms with Gasteiger partial charge in [-0.15, -0.1) is 0 Å². The Morgan fingerprint density at radius 3 is 3.00 bits per heavy atom. The first kappa shape index (κ1) is 13.4. The molecule has 20 heavy (non-hydrogen) atoms. The summed E-state index contributed by atoms with van der Waals surface area (Å²) >= 11 is 0. The number of hydrogen-bond acceptors (Lipinski definition) is 3. The number of rotatable bonds is 1. The number of likely N-dealkylation sites (tertiary alicyclic amines) is 1. The number of nitrogens with zero attached hydrogens (tertiary/aromatic N) is 1. The van der Waals surface area contributed by atoms with Gasteiger partial charge in [0.15, 0.2) is 0 Å². The minimum absolute atomic E-state index is 0.116. The number of hydrogen-bond donors (Lipinski definition) is 1. The standard InChI is InChI=1S/C16H21NO3/c1-11-6-7-17(9-14(11)18)16(19)13-8-12-4-2-3-5-15(12)20-10-13/h2-5,11,13-14,18H,6-10H2,1H3. The third-order valence-corrected chi connectivity index (χ3v) is 4.46. The molecule has 1 aromatic carbocycles. The van der Waals surface area contributed by atoms with Crippen LogP contribution in [0.4, 0.5) is 0 Å². The Hall–Kier alpha value is -1.55. The van der Waals surface area contributed by atoms with Crippen molar-refractivity contribution in [1.82, 2.24) is 4.90 Å². The Bertz CT molecular complexity index is 502. The van der Waals surface area contributed by atoms with Crippen LogP contribution in [0, 0.1) is 11.8 Å². The van der Waals surface area contributed by atoms with Crippen molar-refractivity contribution in [3.8, 4) is 5.75 Å². The molecule has 1 amide bonds. The second-order valence-corrected chi connectivity index (χ2v) is 5.94. The second-order valence-electron chi connectivity index (χ2n) is 5.94. The molecule has 3 atom stereocenters. The van der Waals surface area contributed by atoms with E-state index in [9.17, 15) is 9.90 Å². The summed E-state index contributed by atoms with van der Waals surface area (Å²) in [7, 11) is 0. The molecule has 0 saturated carbocycles. The summed E-state index contributed by atoms with van der Waals surface area (Å²) in [5.74, 6) is 1.17. The molecular formula is C16H21NO3. The van der Waals surface area contributed by atoms with Crippen molar-refractivity contribution in [3.05, 3.63) is 29.8 Å². The van der Waals surface area contributed by atoms with Gasteiger partial charge in [-0.25, -0.2) is 0 Å². The lowest BCUT2D eigenvalue weighted by Gasteiger charge is -2.37. The number of aliphatic hydroxyl groups is 1. The predicted octanol–water partition coefficient (Wildman–Crippen LogP) is 1.47. The molecule has 4 heteroatoms. The molecule has 1 N–H and O–H groups in total. The normalized spacial score (nSPS) is 29.5. The van der Waals surface area contributed by atoms with Crippen molar-refractivity contribution in [1.29, 1.82) is 0 Å². The van der Waals surface area contributed by atoms with Gasteiger partial charge in [0.2, 0.25) is 5.91 Å². The molecule has 0 spiro atoms. The number of carbonyl (C=O) groups excluding carboxylic acids is 1. The number of fused-ring (bicyclic) bond motifs is 1. The minimum Gasteiger partial charge on any atom is -0.492 e. The first-order chi connectivity index (χ1) is 9.65. The summed E-state index contributed by atoms with van der Waals surface area (Å²) in [6.45, 7) is 3.68. The highest BCUT2D eigenvalue weighted by molar-refractivity contribution is 5.80. The number of β-amino-alcohol motifs (C(OH)–C–C–N with tert-alkyl or cyclic N) is 1. The fraction of sp³-hybridized carbons (Fsp3) is 0.562. The van der Waals surface area contributed by atoms with E-state index in [2.05, 4.69) is 0 Å². The molecule has 1 fully saturated rings. The lowest BCUT2D eigenvalue weighted by atomic mass is 9.92. The highest BCUT2D eigenvalue weighted by Crippen LogP contribution is 2.28. The number of piperidine rings is 1. The minimum atomic E-state index is -0.399. The van der Waals surface area contributed by atoms with Crippen LogP contribution in [-0.4, -0.2) is 41.7 Å². The van der Waals surface area contributed by atoms with E-state index in [1.165, 1.54) is 0 Å². The first-order valence-electron chi connectivity index (χ1n) is 7.32. The van der Waals surface area contributed by atoms with Crippen LogP contribution >= 0.6 is 0 Å². The van der Waals surface area contributed by atoms with Crippen LogP contribution in [0.5, 0.6) is 5.75 Å². The number of ether oxygens (including phenoxy) is 1. The highest BCUT2D eigenvalue weighted by atomic mass is 16.5. The zero-order chi connectivity index (χ0) is 14.1. The van der Waals surface area contributed by atoms with Gasteiger partial charge in [-0.1, -0.05) is 25.1 Å². The van der Waals surface area contributed by atoms with E-state index in [-0.39, 0.29) is 17.7 Å². The van der Waals surface area contributed by atoms with E-state index in [0.29, 0.717) is 13.2 Å². The summed E-state index contributed by atoms with van der Waals surface area (Å²) in [6, 6.07) is 7.88. The van der Waals surface area contributed by atoms with Crippen molar-refractivity contribution in [2.75, 3.05) is 19.7 Å². The highest BCUT2D eigenvalue weighted by Gasteiger charge is 2.33. The Kier molecular flexibility index (Phi) is 3.66. The van der Waals surface area contributed by atoms with E-state index in [1.54, 1.807) is 4.90 Å². The third kappa shape index (κ3) is 2.52. The predicted molar refractivity (Wildman–Crippen MR) is 75.5 cm³/mol. The second kappa shape index (κ2) is 5.44. The van der Waals surface area contributed by atoms with Crippen molar-refractivity contribution in [2.24, 2.45) is 11.8 Å². The van der Waals surface area contributed by atoms with Gasteiger partial charge in [0.05, 0.1) is 12.0 Å². The van der Waals surface area contributed by atoms with Gasteiger partial charge in [-0.2, -0.15) is 0 Å². The molecule has 1 saturated heterocycles. The maximum Gasteiger partial charge on any atom is 0.229 e. The van der Waals surface area contributed by atoms with E-state index >= 15 is 0 Å². The molecule has 3 rings (SSSR count). The number of carbonyl (C=O) groups is 1. The van der Waals surface area contributed by atoms with Crippen LogP contribution in [0.3, 0.4) is 0 Å². The van der Waals surface area contributed by atoms with Crippen LogP contribution in [-0.2, 0) is 11.2 Å². The molecule has 4 nitrogen and oxygen atoms in total. The first-order valence-corrected chi connectivity index (χ1v) is 7.32. The zero-order valence-corrected chi connectivity index (χ0v) is 11.8. The Morgan fingerprint density at radius 1 is 1.40 bits per heavy atom. The van der Waals surface area contributed by atoms with Gasteiger partial charge in [-0.3, -0.25) is 4.79 Å². The number of para-hydroxylation sites is 1. The van der Waals surface area contributed by atoms with Gasteiger partial charge in [0.25, 0.3) is 0 Å². The number of aliphatic hydroxyl groups excluding tert-OH is 1. The fourth-order valence-corrected chi connectivity index (χ4v) is 2.99. The smallest absolute Gasteiger partial charge is 0.229 e. The third-order valence-electron chi connectivity index (χ3n) is 4.46. The summed E-state index contributed by atoms with van der Waals surface area (Å²) in [6.07, 6.45) is 1.21. The summed E-state index contributed by atoms with van der Waals surface area (Å²) < 4.78 is 5.69. The van der Waals surface area contributed by atoms with Gasteiger partial charge >= 0.3 is 0 Å². The lowest BCUT2D eigenvalue weighted by molar-refractivity contribution is -0.141. The van der Waals surface area contributed by atoms with Crippen LogP contribution in [0.1, 0.15) is 18.9 Å². The van der Waals surface area contributed by atoms with E-state index in [1.807, 2.05) is 31.2 Å². The molecule has 2 aliphatic rings. The summed E-state index contributed by atoms with van der Waals surface area (Å²) in [4.78, 5) is 14.3. The lowest BCUT2D eigenvalue weighted by Crippen LogP contribution is -2.49. The maximum atomic E-state index is 12.5. The average Bonchev–Trinajstić information content (AvgIpc) is 2.49. The molecular weight excluding hydrogens is 254 g/mol. The van der Waals surface area contributed by atoms with Gasteiger partial charge in [0.1, 0.15) is 12.4 Å². The number of benzene rings is 1. The van der Waals surface area contributed by atoms with E-state index in [4.69, 9.17) is 4.74 Å². The molecule has 0 bridgehead atoms. The zero-order valence-electron chi connectivity index (χ0n) is 11.8. The maximum absolute atomic E-state index is 12.5. The fourth-order valence-electron chi connectivity index (χ4n) is 2.99. The molecule has 0 aromatic heterocycles. The Labute approximate surface area is 119 Å². The summed E-state index contributed by atoms with van der Waals surface area (Å²) in [5, 5.41) is 9.93. The van der Waals surface area contributed by atoms with Gasteiger partial charge < -0.3 is 14.7 Å². The van der Waals surface area contributed by atoms with Crippen LogP contribution < -0.4 is 4.74 Å². The molecule has 0 aliphatic carbocycles. The monoisotopic (exact) mass is 275 g/mol. The van der Waals surface area contributed by atoms with Crippen LogP contribution in [0.2, 0.25) is 0 Å². The number of amides is 1. The van der Waals surface area contributed by atoms with Gasteiger partial charge in [-0.05, 0) is 30.4 Å². The van der Waals surface area contributed by atoms with Gasteiger partial charge in [0, 0.05) is 13.1 Å². The van der Waals surface area contributed by atoms with E-state index in [0.717, 1.165) is 30.7 Å². The van der Waals surface area contributed by atoms with Crippen molar-refractivity contribution < 1.29 is 14.6 Å². The largest absolute Gasteiger partial charge is 0.492 e. The summed E-state index contributed by atoms with van der Waals surface area (Å²) in [5.41, 5.74) is 1.10. The molecule has 3 unspecified atom stereocenters.